The minimum atomic E-state index is 0.243. The molecule has 0 aliphatic heterocycles. The summed E-state index contributed by atoms with van der Waals surface area (Å²) < 4.78 is 6.77. The molecule has 0 saturated carbocycles. The number of benzene rings is 1. The number of methoxy groups -OCH3 is 1. The van der Waals surface area contributed by atoms with Gasteiger partial charge in [-0.2, -0.15) is 5.10 Å². The van der Waals surface area contributed by atoms with Gasteiger partial charge < -0.3 is 9.84 Å². The maximum Gasteiger partial charge on any atom is 0.116 e. The van der Waals surface area contributed by atoms with Crippen LogP contribution in [0.1, 0.15) is 0 Å². The number of phenols is 1. The Bertz CT molecular complexity index is 502. The van der Waals surface area contributed by atoms with Crippen molar-refractivity contribution in [2.45, 2.75) is 6.54 Å². The van der Waals surface area contributed by atoms with Crippen LogP contribution in [0.25, 0.3) is 10.9 Å². The van der Waals surface area contributed by atoms with E-state index >= 15 is 0 Å². The largest absolute Gasteiger partial charge is 0.508 e. The molecule has 2 aromatic rings. The van der Waals surface area contributed by atoms with Crippen molar-refractivity contribution >= 4 is 10.9 Å². The number of fused-ring (bicyclic) bond motifs is 1. The Morgan fingerprint density at radius 2 is 2.40 bits per heavy atom. The van der Waals surface area contributed by atoms with Crippen LogP contribution in [0.15, 0.2) is 36.7 Å². The molecule has 78 valence electrons. The van der Waals surface area contributed by atoms with Crippen molar-refractivity contribution in [2.75, 3.05) is 7.11 Å². The molecule has 0 radical (unpaired) electrons. The second-order valence-corrected chi connectivity index (χ2v) is 3.29. The van der Waals surface area contributed by atoms with Crippen molar-refractivity contribution in [3.05, 3.63) is 36.7 Å². The first kappa shape index (κ1) is 9.58. The SMILES string of the molecule is C=C(Cn1ncc2cc(O)ccc21)OC. The van der Waals surface area contributed by atoms with E-state index < -0.39 is 0 Å². The summed E-state index contributed by atoms with van der Waals surface area (Å²) >= 11 is 0. The second-order valence-electron chi connectivity index (χ2n) is 3.29. The van der Waals surface area contributed by atoms with Crippen molar-refractivity contribution in [2.24, 2.45) is 0 Å². The third-order valence-corrected chi connectivity index (χ3v) is 2.24. The fourth-order valence-electron chi connectivity index (χ4n) is 1.43. The lowest BCUT2D eigenvalue weighted by Gasteiger charge is -2.05. The number of aromatic hydroxyl groups is 1. The Balaban J connectivity index is 2.41. The van der Waals surface area contributed by atoms with E-state index in [2.05, 4.69) is 11.7 Å². The highest BCUT2D eigenvalue weighted by Gasteiger charge is 2.04. The Morgan fingerprint density at radius 1 is 1.60 bits per heavy atom. The maximum absolute atomic E-state index is 9.29. The molecular weight excluding hydrogens is 192 g/mol. The first-order chi connectivity index (χ1) is 7.20. The average molecular weight is 204 g/mol. The second kappa shape index (κ2) is 3.65. The van der Waals surface area contributed by atoms with Crippen molar-refractivity contribution in [3.63, 3.8) is 0 Å². The van der Waals surface area contributed by atoms with Gasteiger partial charge in [-0.15, -0.1) is 0 Å². The van der Waals surface area contributed by atoms with Crippen LogP contribution in [0.3, 0.4) is 0 Å². The lowest BCUT2D eigenvalue weighted by atomic mass is 10.2. The molecule has 0 amide bonds. The van der Waals surface area contributed by atoms with Crippen LogP contribution in [0.4, 0.5) is 0 Å². The van der Waals surface area contributed by atoms with Gasteiger partial charge in [0.15, 0.2) is 0 Å². The molecule has 0 spiro atoms. The molecule has 0 atom stereocenters. The van der Waals surface area contributed by atoms with Gasteiger partial charge in [-0.25, -0.2) is 0 Å². The van der Waals surface area contributed by atoms with Crippen LogP contribution in [0, 0.1) is 0 Å². The number of ether oxygens (including phenoxy) is 1. The number of phenolic OH excluding ortho intramolecular Hbond substituents is 1. The summed E-state index contributed by atoms with van der Waals surface area (Å²) in [6.07, 6.45) is 1.71. The van der Waals surface area contributed by atoms with Gasteiger partial charge in [0.2, 0.25) is 0 Å². The number of hydrogen-bond acceptors (Lipinski definition) is 3. The smallest absolute Gasteiger partial charge is 0.116 e. The molecule has 2 rings (SSSR count). The van der Waals surface area contributed by atoms with E-state index in [-0.39, 0.29) is 5.75 Å². The highest BCUT2D eigenvalue weighted by Crippen LogP contribution is 2.19. The van der Waals surface area contributed by atoms with E-state index in [4.69, 9.17) is 4.74 Å². The quantitative estimate of drug-likeness (QED) is 0.777. The third kappa shape index (κ3) is 1.79. The molecule has 15 heavy (non-hydrogen) atoms. The molecule has 0 aliphatic carbocycles. The molecule has 1 aromatic heterocycles. The zero-order chi connectivity index (χ0) is 10.8. The highest BCUT2D eigenvalue weighted by atomic mass is 16.5. The van der Waals surface area contributed by atoms with Gasteiger partial charge in [0, 0.05) is 5.39 Å². The topological polar surface area (TPSA) is 47.3 Å². The van der Waals surface area contributed by atoms with Crippen LogP contribution >= 0.6 is 0 Å². The molecule has 0 saturated heterocycles. The number of allylic oxidation sites excluding steroid dienone is 1. The van der Waals surface area contributed by atoms with Crippen molar-refractivity contribution < 1.29 is 9.84 Å². The van der Waals surface area contributed by atoms with Gasteiger partial charge in [-0.05, 0) is 18.2 Å². The molecule has 1 N–H and O–H groups in total. The predicted octanol–water partition coefficient (Wildman–Crippen LogP) is 1.90. The molecule has 1 heterocycles. The van der Waals surface area contributed by atoms with Crippen molar-refractivity contribution in [3.8, 4) is 5.75 Å². The van der Waals surface area contributed by atoms with E-state index in [1.54, 1.807) is 30.1 Å². The Kier molecular flexibility index (Phi) is 2.33. The van der Waals surface area contributed by atoms with Crippen molar-refractivity contribution in [1.29, 1.82) is 0 Å². The Hall–Kier alpha value is -1.97. The van der Waals surface area contributed by atoms with Crippen LogP contribution in [-0.2, 0) is 11.3 Å². The Morgan fingerprint density at radius 3 is 3.13 bits per heavy atom. The van der Waals surface area contributed by atoms with E-state index in [9.17, 15) is 5.11 Å². The molecule has 4 heteroatoms. The molecule has 0 fully saturated rings. The van der Waals surface area contributed by atoms with E-state index in [1.165, 1.54) is 0 Å². The normalized spacial score (nSPS) is 10.5. The zero-order valence-corrected chi connectivity index (χ0v) is 8.47. The summed E-state index contributed by atoms with van der Waals surface area (Å²) in [5, 5.41) is 14.4. The summed E-state index contributed by atoms with van der Waals surface area (Å²) in [6, 6.07) is 5.13. The zero-order valence-electron chi connectivity index (χ0n) is 8.47. The minimum absolute atomic E-state index is 0.243. The van der Waals surface area contributed by atoms with Crippen LogP contribution in [-0.4, -0.2) is 22.0 Å². The molecular formula is C11H12N2O2. The monoisotopic (exact) mass is 204 g/mol. The van der Waals surface area contributed by atoms with Gasteiger partial charge in [0.05, 0.1) is 25.4 Å². The molecule has 0 aliphatic rings. The summed E-state index contributed by atoms with van der Waals surface area (Å²) in [4.78, 5) is 0. The number of hydrogen-bond donors (Lipinski definition) is 1. The predicted molar refractivity (Wildman–Crippen MR) is 57.5 cm³/mol. The lowest BCUT2D eigenvalue weighted by molar-refractivity contribution is 0.270. The van der Waals surface area contributed by atoms with Gasteiger partial charge in [-0.1, -0.05) is 6.58 Å². The number of rotatable bonds is 3. The van der Waals surface area contributed by atoms with Gasteiger partial charge in [0.1, 0.15) is 11.5 Å². The van der Waals surface area contributed by atoms with E-state index in [0.29, 0.717) is 12.3 Å². The number of aromatic nitrogens is 2. The minimum Gasteiger partial charge on any atom is -0.508 e. The fraction of sp³-hybridized carbons (Fsp3) is 0.182. The third-order valence-electron chi connectivity index (χ3n) is 2.24. The number of nitrogens with zero attached hydrogens (tertiary/aromatic N) is 2. The van der Waals surface area contributed by atoms with Crippen LogP contribution < -0.4 is 0 Å². The molecule has 4 nitrogen and oxygen atoms in total. The van der Waals surface area contributed by atoms with Crippen LogP contribution in [0.5, 0.6) is 5.75 Å². The fourth-order valence-corrected chi connectivity index (χ4v) is 1.43. The van der Waals surface area contributed by atoms with E-state index in [1.807, 2.05) is 6.07 Å². The first-order valence-corrected chi connectivity index (χ1v) is 4.57. The summed E-state index contributed by atoms with van der Waals surface area (Å²) in [5.74, 6) is 0.890. The summed E-state index contributed by atoms with van der Waals surface area (Å²) in [7, 11) is 1.58. The standard InChI is InChI=1S/C11H12N2O2/c1-8(15-2)7-13-11-4-3-10(14)5-9(11)6-12-13/h3-6,14H,1,7H2,2H3. The molecule has 0 bridgehead atoms. The Labute approximate surface area is 87.4 Å². The maximum atomic E-state index is 9.29. The molecule has 1 aromatic carbocycles. The van der Waals surface area contributed by atoms with Gasteiger partial charge >= 0.3 is 0 Å². The summed E-state index contributed by atoms with van der Waals surface area (Å²) in [5.41, 5.74) is 0.950. The summed E-state index contributed by atoms with van der Waals surface area (Å²) in [6.45, 7) is 4.26. The van der Waals surface area contributed by atoms with Crippen molar-refractivity contribution in [1.82, 2.24) is 9.78 Å². The lowest BCUT2D eigenvalue weighted by Crippen LogP contribution is -2.02. The molecule has 0 unspecified atom stereocenters. The van der Waals surface area contributed by atoms with Gasteiger partial charge in [0.25, 0.3) is 0 Å². The first-order valence-electron chi connectivity index (χ1n) is 4.57. The van der Waals surface area contributed by atoms with Gasteiger partial charge in [-0.3, -0.25) is 4.68 Å². The van der Waals surface area contributed by atoms with E-state index in [0.717, 1.165) is 10.9 Å². The van der Waals surface area contributed by atoms with Crippen LogP contribution in [0.2, 0.25) is 0 Å². The highest BCUT2D eigenvalue weighted by molar-refractivity contribution is 5.80. The average Bonchev–Trinajstić information content (AvgIpc) is 2.60.